The lowest BCUT2D eigenvalue weighted by atomic mass is 10.3. The van der Waals surface area contributed by atoms with Crippen LogP contribution in [0.1, 0.15) is 16.1 Å². The second-order valence-electron chi connectivity index (χ2n) is 2.97. The van der Waals surface area contributed by atoms with Crippen LogP contribution in [0.25, 0.3) is 5.52 Å². The van der Waals surface area contributed by atoms with Crippen molar-refractivity contribution in [2.24, 2.45) is 0 Å². The number of nitrogens with zero attached hydrogens (tertiary/aromatic N) is 2. The van der Waals surface area contributed by atoms with E-state index in [1.54, 1.807) is 10.5 Å². The van der Waals surface area contributed by atoms with Crippen LogP contribution in [-0.4, -0.2) is 20.5 Å². The molecule has 0 bridgehead atoms. The molecule has 5 heteroatoms. The summed E-state index contributed by atoms with van der Waals surface area (Å²) in [6.45, 7) is 1.92. The largest absolute Gasteiger partial charge is 0.477 e. The van der Waals surface area contributed by atoms with Crippen LogP contribution in [0.15, 0.2) is 23.1 Å². The number of aromatic carboxylic acids is 1. The number of aromatic nitrogens is 2. The zero-order valence-corrected chi connectivity index (χ0v) is 8.95. The Kier molecular flexibility index (Phi) is 2.03. The molecule has 0 saturated carbocycles. The molecule has 0 saturated heterocycles. The lowest BCUT2D eigenvalue weighted by Gasteiger charge is -1.96. The van der Waals surface area contributed by atoms with E-state index in [4.69, 9.17) is 5.11 Å². The second kappa shape index (κ2) is 3.09. The Hall–Kier alpha value is -1.36. The van der Waals surface area contributed by atoms with Crippen molar-refractivity contribution >= 4 is 27.4 Å². The number of carboxylic acid groups (broad SMARTS) is 1. The van der Waals surface area contributed by atoms with Gasteiger partial charge in [-0.05, 0) is 34.5 Å². The molecular weight excluding hydrogens is 248 g/mol. The minimum Gasteiger partial charge on any atom is -0.477 e. The number of carbonyl (C=O) groups is 1. The third-order valence-corrected chi connectivity index (χ3v) is 2.89. The Labute approximate surface area is 88.3 Å². The van der Waals surface area contributed by atoms with Gasteiger partial charge in [-0.2, -0.15) is 0 Å². The van der Waals surface area contributed by atoms with Gasteiger partial charge in [-0.15, -0.1) is 0 Å². The van der Waals surface area contributed by atoms with E-state index in [2.05, 4.69) is 20.9 Å². The molecule has 72 valence electrons. The number of hydrogen-bond acceptors (Lipinski definition) is 2. The summed E-state index contributed by atoms with van der Waals surface area (Å²) in [4.78, 5) is 14.5. The molecule has 0 aliphatic carbocycles. The topological polar surface area (TPSA) is 54.6 Å². The summed E-state index contributed by atoms with van der Waals surface area (Å²) in [7, 11) is 0. The third-order valence-electron chi connectivity index (χ3n) is 2.09. The molecule has 0 unspecified atom stereocenters. The molecule has 0 spiro atoms. The summed E-state index contributed by atoms with van der Waals surface area (Å²) in [6, 6.07) is 1.56. The Morgan fingerprint density at radius 3 is 3.00 bits per heavy atom. The highest BCUT2D eigenvalue weighted by molar-refractivity contribution is 9.10. The normalized spacial score (nSPS) is 10.7. The van der Waals surface area contributed by atoms with Crippen LogP contribution < -0.4 is 0 Å². The quantitative estimate of drug-likeness (QED) is 0.848. The molecule has 2 heterocycles. The summed E-state index contributed by atoms with van der Waals surface area (Å²) >= 11 is 3.37. The standard InChI is InChI=1S/C9H7BrN2O2/c1-5-6(10)3-12-4-11-7(9(13)14)2-8(5)12/h2-4H,1H3,(H,13,14). The summed E-state index contributed by atoms with van der Waals surface area (Å²) < 4.78 is 2.73. The van der Waals surface area contributed by atoms with Crippen molar-refractivity contribution in [1.29, 1.82) is 0 Å². The van der Waals surface area contributed by atoms with Crippen LogP contribution in [0, 0.1) is 6.92 Å². The highest BCUT2D eigenvalue weighted by Gasteiger charge is 2.09. The van der Waals surface area contributed by atoms with Gasteiger partial charge in [0.25, 0.3) is 0 Å². The Morgan fingerprint density at radius 2 is 2.36 bits per heavy atom. The number of halogens is 1. The van der Waals surface area contributed by atoms with Crippen molar-refractivity contribution in [3.05, 3.63) is 34.3 Å². The molecule has 0 fully saturated rings. The Balaban J connectivity index is 2.76. The van der Waals surface area contributed by atoms with E-state index in [9.17, 15) is 4.79 Å². The average molecular weight is 255 g/mol. The first-order valence-electron chi connectivity index (χ1n) is 3.95. The lowest BCUT2D eigenvalue weighted by molar-refractivity contribution is 0.0690. The van der Waals surface area contributed by atoms with Crippen LogP contribution in [0.4, 0.5) is 0 Å². The van der Waals surface area contributed by atoms with Crippen molar-refractivity contribution < 1.29 is 9.90 Å². The van der Waals surface area contributed by atoms with Gasteiger partial charge in [0.1, 0.15) is 6.33 Å². The molecule has 0 aliphatic rings. The third kappa shape index (κ3) is 1.29. The number of aryl methyl sites for hydroxylation is 1. The van der Waals surface area contributed by atoms with E-state index in [-0.39, 0.29) is 5.69 Å². The fourth-order valence-electron chi connectivity index (χ4n) is 1.29. The van der Waals surface area contributed by atoms with Gasteiger partial charge >= 0.3 is 5.97 Å². The van der Waals surface area contributed by atoms with Crippen molar-refractivity contribution in [1.82, 2.24) is 9.38 Å². The first-order chi connectivity index (χ1) is 6.59. The fraction of sp³-hybridized carbons (Fsp3) is 0.111. The van der Waals surface area contributed by atoms with Gasteiger partial charge in [-0.25, -0.2) is 9.78 Å². The lowest BCUT2D eigenvalue weighted by Crippen LogP contribution is -2.01. The molecule has 14 heavy (non-hydrogen) atoms. The smallest absolute Gasteiger partial charge is 0.354 e. The van der Waals surface area contributed by atoms with Crippen LogP contribution in [0.2, 0.25) is 0 Å². The summed E-state index contributed by atoms with van der Waals surface area (Å²) in [5, 5.41) is 8.76. The summed E-state index contributed by atoms with van der Waals surface area (Å²) in [5.41, 5.74) is 1.92. The summed E-state index contributed by atoms with van der Waals surface area (Å²) in [6.07, 6.45) is 3.35. The zero-order valence-electron chi connectivity index (χ0n) is 7.36. The van der Waals surface area contributed by atoms with E-state index in [0.29, 0.717) is 0 Å². The molecule has 0 amide bonds. The minimum absolute atomic E-state index is 0.0613. The Morgan fingerprint density at radius 1 is 1.64 bits per heavy atom. The number of fused-ring (bicyclic) bond motifs is 1. The fourth-order valence-corrected chi connectivity index (χ4v) is 1.71. The maximum atomic E-state index is 10.7. The molecule has 0 aromatic carbocycles. The molecule has 2 aromatic heterocycles. The molecule has 2 rings (SSSR count). The number of rotatable bonds is 1. The van der Waals surface area contributed by atoms with Crippen LogP contribution in [0.3, 0.4) is 0 Å². The maximum Gasteiger partial charge on any atom is 0.354 e. The molecule has 4 nitrogen and oxygen atoms in total. The maximum absolute atomic E-state index is 10.7. The van der Waals surface area contributed by atoms with E-state index in [0.717, 1.165) is 15.6 Å². The summed E-state index contributed by atoms with van der Waals surface area (Å²) in [5.74, 6) is -1.01. The highest BCUT2D eigenvalue weighted by atomic mass is 79.9. The van der Waals surface area contributed by atoms with E-state index >= 15 is 0 Å². The monoisotopic (exact) mass is 254 g/mol. The van der Waals surface area contributed by atoms with Gasteiger partial charge in [0.15, 0.2) is 5.69 Å². The SMILES string of the molecule is Cc1c(Br)cn2cnc(C(=O)O)cc12. The van der Waals surface area contributed by atoms with E-state index in [1.165, 1.54) is 6.33 Å². The predicted molar refractivity (Wildman–Crippen MR) is 54.6 cm³/mol. The van der Waals surface area contributed by atoms with Crippen molar-refractivity contribution in [3.63, 3.8) is 0 Å². The first kappa shape index (κ1) is 9.21. The Bertz CT molecular complexity index is 519. The molecule has 0 aliphatic heterocycles. The van der Waals surface area contributed by atoms with Crippen LogP contribution >= 0.6 is 15.9 Å². The van der Waals surface area contributed by atoms with Gasteiger partial charge in [-0.1, -0.05) is 0 Å². The van der Waals surface area contributed by atoms with Crippen molar-refractivity contribution in [2.45, 2.75) is 6.92 Å². The van der Waals surface area contributed by atoms with Gasteiger partial charge in [0.05, 0.1) is 5.52 Å². The highest BCUT2D eigenvalue weighted by Crippen LogP contribution is 2.22. The first-order valence-corrected chi connectivity index (χ1v) is 4.75. The van der Waals surface area contributed by atoms with Gasteiger partial charge in [0, 0.05) is 10.7 Å². The van der Waals surface area contributed by atoms with Gasteiger partial charge in [0.2, 0.25) is 0 Å². The van der Waals surface area contributed by atoms with Gasteiger partial charge < -0.3 is 9.51 Å². The zero-order chi connectivity index (χ0) is 10.3. The molecule has 0 atom stereocenters. The number of carboxylic acids is 1. The van der Waals surface area contributed by atoms with Crippen molar-refractivity contribution in [3.8, 4) is 0 Å². The predicted octanol–water partition coefficient (Wildman–Crippen LogP) is 2.10. The van der Waals surface area contributed by atoms with Crippen molar-refractivity contribution in [2.75, 3.05) is 0 Å². The average Bonchev–Trinajstić information content (AvgIpc) is 2.43. The van der Waals surface area contributed by atoms with Crippen LogP contribution in [-0.2, 0) is 0 Å². The minimum atomic E-state index is -1.01. The number of hydrogen-bond donors (Lipinski definition) is 1. The molecule has 0 radical (unpaired) electrons. The molecule has 2 aromatic rings. The van der Waals surface area contributed by atoms with Crippen LogP contribution in [0.5, 0.6) is 0 Å². The van der Waals surface area contributed by atoms with E-state index < -0.39 is 5.97 Å². The molecular formula is C9H7BrN2O2. The van der Waals surface area contributed by atoms with E-state index in [1.807, 2.05) is 13.1 Å². The van der Waals surface area contributed by atoms with Gasteiger partial charge in [-0.3, -0.25) is 0 Å². The molecule has 1 N–H and O–H groups in total. The second-order valence-corrected chi connectivity index (χ2v) is 3.83.